The van der Waals surface area contributed by atoms with E-state index in [0.29, 0.717) is 0 Å². The van der Waals surface area contributed by atoms with Gasteiger partial charge < -0.3 is 9.84 Å². The molecule has 0 aromatic carbocycles. The number of hydrogen-bond donors (Lipinski definition) is 1. The zero-order chi connectivity index (χ0) is 16.8. The fourth-order valence-electron chi connectivity index (χ4n) is 4.23. The third-order valence-corrected chi connectivity index (χ3v) is 6.69. The van der Waals surface area contributed by atoms with Crippen molar-refractivity contribution in [2.24, 2.45) is 23.7 Å². The molecule has 1 aliphatic carbocycles. The van der Waals surface area contributed by atoms with E-state index in [4.69, 9.17) is 4.52 Å². The van der Waals surface area contributed by atoms with Crippen LogP contribution in [-0.4, -0.2) is 17.5 Å². The fourth-order valence-corrected chi connectivity index (χ4v) is 5.15. The van der Waals surface area contributed by atoms with Gasteiger partial charge in [-0.05, 0) is 55.7 Å². The van der Waals surface area contributed by atoms with Crippen molar-refractivity contribution in [3.05, 3.63) is 11.5 Å². The van der Waals surface area contributed by atoms with Crippen LogP contribution in [0, 0.1) is 30.6 Å². The molecule has 4 unspecified atom stereocenters. The van der Waals surface area contributed by atoms with Gasteiger partial charge in [0.1, 0.15) is 0 Å². The molecule has 0 amide bonds. The van der Waals surface area contributed by atoms with Gasteiger partial charge in [-0.15, -0.1) is 11.8 Å². The molecule has 0 radical (unpaired) electrons. The van der Waals surface area contributed by atoms with Gasteiger partial charge in [-0.25, -0.2) is 0 Å². The number of rotatable bonds is 10. The lowest BCUT2D eigenvalue weighted by Gasteiger charge is -2.47. The van der Waals surface area contributed by atoms with Crippen LogP contribution in [-0.2, 0) is 6.54 Å². The first-order chi connectivity index (χ1) is 11.1. The van der Waals surface area contributed by atoms with E-state index in [0.717, 1.165) is 54.0 Å². The molecule has 1 fully saturated rings. The molecule has 0 saturated heterocycles. The van der Waals surface area contributed by atoms with E-state index < -0.39 is 0 Å². The Morgan fingerprint density at radius 1 is 1.35 bits per heavy atom. The first-order valence-corrected chi connectivity index (χ1v) is 10.4. The Hall–Kier alpha value is -0.480. The molecule has 2 rings (SSSR count). The van der Waals surface area contributed by atoms with Crippen molar-refractivity contribution < 1.29 is 4.52 Å². The average molecular weight is 339 g/mol. The van der Waals surface area contributed by atoms with E-state index in [2.05, 4.69) is 38.2 Å². The summed E-state index contributed by atoms with van der Waals surface area (Å²) in [5.74, 6) is 5.63. The van der Waals surface area contributed by atoms with Crippen LogP contribution in [0.25, 0.3) is 0 Å². The van der Waals surface area contributed by atoms with E-state index in [1.807, 2.05) is 18.7 Å². The molecule has 0 spiro atoms. The summed E-state index contributed by atoms with van der Waals surface area (Å²) in [6, 6.07) is 0. The minimum Gasteiger partial charge on any atom is -0.359 e. The number of thioether (sulfide) groups is 1. The van der Waals surface area contributed by atoms with Crippen LogP contribution in [0.2, 0.25) is 0 Å². The van der Waals surface area contributed by atoms with Gasteiger partial charge in [0.05, 0.1) is 17.1 Å². The Labute approximate surface area is 146 Å². The van der Waals surface area contributed by atoms with Crippen LogP contribution in [0.4, 0.5) is 0 Å². The predicted molar refractivity (Wildman–Crippen MR) is 98.8 cm³/mol. The molecule has 1 heterocycles. The zero-order valence-electron chi connectivity index (χ0n) is 15.5. The van der Waals surface area contributed by atoms with Crippen molar-refractivity contribution >= 4 is 11.8 Å². The van der Waals surface area contributed by atoms with Gasteiger partial charge in [-0.3, -0.25) is 0 Å². The van der Waals surface area contributed by atoms with Gasteiger partial charge in [0.15, 0.2) is 5.76 Å². The highest BCUT2D eigenvalue weighted by molar-refractivity contribution is 7.99. The molecule has 4 atom stereocenters. The normalized spacial score (nSPS) is 25.3. The summed E-state index contributed by atoms with van der Waals surface area (Å²) in [5, 5.41) is 7.76. The Kier molecular flexibility index (Phi) is 7.48. The molecule has 1 aliphatic rings. The van der Waals surface area contributed by atoms with Crippen molar-refractivity contribution in [2.45, 2.75) is 71.7 Å². The van der Waals surface area contributed by atoms with Gasteiger partial charge in [0.25, 0.3) is 0 Å². The maximum atomic E-state index is 5.52. The van der Waals surface area contributed by atoms with Crippen molar-refractivity contribution in [3.63, 3.8) is 0 Å². The smallest absolute Gasteiger partial charge is 0.164 e. The van der Waals surface area contributed by atoms with Crippen molar-refractivity contribution in [1.29, 1.82) is 0 Å². The van der Waals surface area contributed by atoms with Crippen LogP contribution in [0.3, 0.4) is 0 Å². The maximum Gasteiger partial charge on any atom is 0.164 e. The zero-order valence-corrected chi connectivity index (χ0v) is 16.3. The molecule has 4 heteroatoms. The summed E-state index contributed by atoms with van der Waals surface area (Å²) >= 11 is 1.87. The molecular formula is C19H34N2OS. The predicted octanol–water partition coefficient (Wildman–Crippen LogP) is 5.28. The monoisotopic (exact) mass is 338 g/mol. The van der Waals surface area contributed by atoms with Crippen LogP contribution in [0.1, 0.15) is 64.8 Å². The summed E-state index contributed by atoms with van der Waals surface area (Å²) < 4.78 is 5.52. The molecule has 132 valence electrons. The second-order valence-electron chi connectivity index (χ2n) is 7.32. The Bertz CT molecular complexity index is 472. The number of hydrogen-bond acceptors (Lipinski definition) is 4. The Morgan fingerprint density at radius 3 is 2.78 bits per heavy atom. The van der Waals surface area contributed by atoms with Crippen LogP contribution in [0.15, 0.2) is 9.42 Å². The van der Waals surface area contributed by atoms with Gasteiger partial charge in [0, 0.05) is 0 Å². The summed E-state index contributed by atoms with van der Waals surface area (Å²) in [5.41, 5.74) is 1.03. The lowest BCUT2D eigenvalue weighted by atomic mass is 9.59. The molecule has 1 N–H and O–H groups in total. The number of nitrogens with zero attached hydrogens (tertiary/aromatic N) is 1. The summed E-state index contributed by atoms with van der Waals surface area (Å²) in [4.78, 5) is 1.24. The Morgan fingerprint density at radius 2 is 2.13 bits per heavy atom. The number of aromatic nitrogens is 1. The average Bonchev–Trinajstić information content (AvgIpc) is 2.85. The number of nitrogens with one attached hydrogen (secondary N) is 1. The van der Waals surface area contributed by atoms with Crippen molar-refractivity contribution in [2.75, 3.05) is 12.3 Å². The SMILES string of the molecule is CCCSc1c(C)noc1CNCC(C)C1C(C)CC1CCC. The highest BCUT2D eigenvalue weighted by Crippen LogP contribution is 2.46. The van der Waals surface area contributed by atoms with Crippen LogP contribution in [0.5, 0.6) is 0 Å². The van der Waals surface area contributed by atoms with Gasteiger partial charge in [0.2, 0.25) is 0 Å². The van der Waals surface area contributed by atoms with E-state index in [9.17, 15) is 0 Å². The number of aryl methyl sites for hydroxylation is 1. The highest BCUT2D eigenvalue weighted by Gasteiger charge is 2.40. The topological polar surface area (TPSA) is 38.1 Å². The summed E-state index contributed by atoms with van der Waals surface area (Å²) in [6.07, 6.45) is 5.33. The van der Waals surface area contributed by atoms with Gasteiger partial charge in [-0.2, -0.15) is 0 Å². The first kappa shape index (κ1) is 18.9. The van der Waals surface area contributed by atoms with E-state index in [-0.39, 0.29) is 0 Å². The van der Waals surface area contributed by atoms with E-state index in [1.54, 1.807) is 0 Å². The molecular weight excluding hydrogens is 304 g/mol. The molecule has 1 aromatic rings. The van der Waals surface area contributed by atoms with E-state index in [1.165, 1.54) is 30.6 Å². The fraction of sp³-hybridized carbons (Fsp3) is 0.842. The molecule has 1 saturated carbocycles. The van der Waals surface area contributed by atoms with Crippen LogP contribution < -0.4 is 5.32 Å². The highest BCUT2D eigenvalue weighted by atomic mass is 32.2. The Balaban J connectivity index is 1.80. The summed E-state index contributed by atoms with van der Waals surface area (Å²) in [7, 11) is 0. The largest absolute Gasteiger partial charge is 0.359 e. The lowest BCUT2D eigenvalue weighted by Crippen LogP contribution is -2.42. The standard InChI is InChI=1S/C19H34N2OS/c1-6-8-16-10-13(3)18(16)14(4)11-20-12-17-19(23-9-7-2)15(5)21-22-17/h13-14,16,18,20H,6-12H2,1-5H3. The van der Waals surface area contributed by atoms with E-state index >= 15 is 0 Å². The maximum absolute atomic E-state index is 5.52. The third-order valence-electron chi connectivity index (χ3n) is 5.27. The minimum absolute atomic E-state index is 0.742. The van der Waals surface area contributed by atoms with Crippen molar-refractivity contribution in [1.82, 2.24) is 10.5 Å². The molecule has 23 heavy (non-hydrogen) atoms. The molecule has 1 aromatic heterocycles. The van der Waals surface area contributed by atoms with Gasteiger partial charge in [-0.1, -0.05) is 45.7 Å². The first-order valence-electron chi connectivity index (χ1n) is 9.37. The van der Waals surface area contributed by atoms with Crippen LogP contribution >= 0.6 is 11.8 Å². The van der Waals surface area contributed by atoms with Crippen molar-refractivity contribution in [3.8, 4) is 0 Å². The summed E-state index contributed by atoms with van der Waals surface area (Å²) in [6.45, 7) is 13.3. The quantitative estimate of drug-likeness (QED) is 0.589. The lowest BCUT2D eigenvalue weighted by molar-refractivity contribution is 0.0297. The second-order valence-corrected chi connectivity index (χ2v) is 8.42. The van der Waals surface area contributed by atoms with Gasteiger partial charge >= 0.3 is 0 Å². The molecule has 3 nitrogen and oxygen atoms in total. The molecule has 0 bridgehead atoms. The minimum atomic E-state index is 0.742. The third kappa shape index (κ3) is 4.76. The second kappa shape index (κ2) is 9.12. The molecule has 0 aliphatic heterocycles.